The molecule has 0 atom stereocenters. The maximum absolute atomic E-state index is 12.3. The summed E-state index contributed by atoms with van der Waals surface area (Å²) in [6.07, 6.45) is 1.48. The summed E-state index contributed by atoms with van der Waals surface area (Å²) in [6.45, 7) is 1.76. The van der Waals surface area contributed by atoms with Crippen LogP contribution in [-0.2, 0) is 4.79 Å². The molecule has 1 heterocycles. The van der Waals surface area contributed by atoms with E-state index in [4.69, 9.17) is 33.0 Å². The number of halogens is 2. The second kappa shape index (κ2) is 9.68. The van der Waals surface area contributed by atoms with E-state index in [1.807, 2.05) is 13.0 Å². The van der Waals surface area contributed by atoms with E-state index in [-0.39, 0.29) is 12.5 Å². The molecule has 0 aliphatic carbocycles. The number of hydrogen-bond donors (Lipinski definition) is 2. The number of pyridine rings is 1. The monoisotopic (exact) mass is 459 g/mol. The normalized spacial score (nSPS) is 10.5. The number of carboxylic acid groups (broad SMARTS) is 1. The zero-order chi connectivity index (χ0) is 22.5. The molecule has 0 unspecified atom stereocenters. The fraction of sp³-hybridized carbons (Fsp3) is 0.136. The van der Waals surface area contributed by atoms with Gasteiger partial charge in [-0.2, -0.15) is 0 Å². The third-order valence-electron chi connectivity index (χ3n) is 4.36. The van der Waals surface area contributed by atoms with Crippen LogP contribution in [0.2, 0.25) is 10.0 Å². The lowest BCUT2D eigenvalue weighted by molar-refractivity contribution is -0.135. The molecule has 0 bridgehead atoms. The smallest absolute Gasteiger partial charge is 0.323 e. The molecule has 0 aliphatic heterocycles. The summed E-state index contributed by atoms with van der Waals surface area (Å²) in [5, 5.41) is 12.3. The van der Waals surface area contributed by atoms with Gasteiger partial charge in [-0.15, -0.1) is 0 Å². The SMILES string of the molecule is Cc1cc(N(C)CC(=O)O)ccc1Oc1ccc(NC(=O)c2ccc(Cl)c(Cl)c2)cn1. The minimum atomic E-state index is -0.906. The van der Waals surface area contributed by atoms with Crippen LogP contribution in [0.4, 0.5) is 11.4 Å². The number of nitrogens with zero attached hydrogens (tertiary/aromatic N) is 2. The molecular weight excluding hydrogens is 441 g/mol. The van der Waals surface area contributed by atoms with Gasteiger partial charge in [0, 0.05) is 24.4 Å². The van der Waals surface area contributed by atoms with Crippen molar-refractivity contribution >= 4 is 46.5 Å². The lowest BCUT2D eigenvalue weighted by atomic mass is 10.2. The van der Waals surface area contributed by atoms with E-state index in [2.05, 4.69) is 10.3 Å². The number of carboxylic acids is 1. The molecule has 160 valence electrons. The van der Waals surface area contributed by atoms with Gasteiger partial charge < -0.3 is 20.1 Å². The summed E-state index contributed by atoms with van der Waals surface area (Å²) in [6, 6.07) is 13.3. The number of anilines is 2. The predicted molar refractivity (Wildman–Crippen MR) is 121 cm³/mol. The van der Waals surface area contributed by atoms with Crippen LogP contribution in [0.3, 0.4) is 0 Å². The van der Waals surface area contributed by atoms with Gasteiger partial charge in [-0.3, -0.25) is 9.59 Å². The minimum Gasteiger partial charge on any atom is -0.480 e. The van der Waals surface area contributed by atoms with E-state index in [1.165, 1.54) is 12.3 Å². The molecule has 3 aromatic rings. The van der Waals surface area contributed by atoms with Crippen LogP contribution >= 0.6 is 23.2 Å². The minimum absolute atomic E-state index is 0.101. The molecule has 9 heteroatoms. The summed E-state index contributed by atoms with van der Waals surface area (Å²) in [5.41, 5.74) is 2.46. The van der Waals surface area contributed by atoms with Gasteiger partial charge >= 0.3 is 5.97 Å². The largest absolute Gasteiger partial charge is 0.480 e. The molecule has 0 fully saturated rings. The Morgan fingerprint density at radius 1 is 1.10 bits per heavy atom. The van der Waals surface area contributed by atoms with Crippen molar-refractivity contribution in [1.29, 1.82) is 0 Å². The highest BCUT2D eigenvalue weighted by atomic mass is 35.5. The Hall–Kier alpha value is -3.29. The van der Waals surface area contributed by atoms with E-state index < -0.39 is 5.97 Å². The number of rotatable bonds is 7. The quantitative estimate of drug-likeness (QED) is 0.500. The molecule has 3 rings (SSSR count). The average molecular weight is 460 g/mol. The van der Waals surface area contributed by atoms with Crippen molar-refractivity contribution in [2.75, 3.05) is 23.8 Å². The Balaban J connectivity index is 1.65. The number of ether oxygens (including phenoxy) is 1. The Bertz CT molecular complexity index is 1120. The second-order valence-electron chi connectivity index (χ2n) is 6.77. The summed E-state index contributed by atoms with van der Waals surface area (Å²) in [5.74, 6) is -0.309. The summed E-state index contributed by atoms with van der Waals surface area (Å²) < 4.78 is 5.81. The van der Waals surface area contributed by atoms with E-state index in [0.29, 0.717) is 32.9 Å². The maximum atomic E-state index is 12.3. The molecule has 1 aromatic heterocycles. The maximum Gasteiger partial charge on any atom is 0.323 e. The average Bonchev–Trinajstić information content (AvgIpc) is 2.72. The van der Waals surface area contributed by atoms with Gasteiger partial charge in [0.15, 0.2) is 0 Å². The molecule has 0 aliphatic rings. The zero-order valence-corrected chi connectivity index (χ0v) is 18.2. The van der Waals surface area contributed by atoms with E-state index in [1.54, 1.807) is 48.3 Å². The number of nitrogens with one attached hydrogen (secondary N) is 1. The molecule has 2 aromatic carbocycles. The Labute approximate surface area is 189 Å². The number of aromatic nitrogens is 1. The molecule has 1 amide bonds. The van der Waals surface area contributed by atoms with E-state index in [0.717, 1.165) is 11.3 Å². The topological polar surface area (TPSA) is 91.8 Å². The highest BCUT2D eigenvalue weighted by Crippen LogP contribution is 2.28. The number of aryl methyl sites for hydroxylation is 1. The number of amides is 1. The number of carbonyl (C=O) groups excluding carboxylic acids is 1. The van der Waals surface area contributed by atoms with Gasteiger partial charge in [0.25, 0.3) is 5.91 Å². The number of aliphatic carboxylic acids is 1. The van der Waals surface area contributed by atoms with Crippen molar-refractivity contribution in [3.63, 3.8) is 0 Å². The molecule has 2 N–H and O–H groups in total. The number of hydrogen-bond acceptors (Lipinski definition) is 5. The number of benzene rings is 2. The second-order valence-corrected chi connectivity index (χ2v) is 7.58. The van der Waals surface area contributed by atoms with Crippen LogP contribution in [-0.4, -0.2) is 35.6 Å². The van der Waals surface area contributed by atoms with Crippen molar-refractivity contribution in [3.8, 4) is 11.6 Å². The highest BCUT2D eigenvalue weighted by Gasteiger charge is 2.11. The van der Waals surface area contributed by atoms with Gasteiger partial charge in [0.05, 0.1) is 21.9 Å². The van der Waals surface area contributed by atoms with Gasteiger partial charge in [-0.1, -0.05) is 23.2 Å². The summed E-state index contributed by atoms with van der Waals surface area (Å²) in [7, 11) is 1.70. The fourth-order valence-corrected chi connectivity index (χ4v) is 3.05. The molecule has 0 radical (unpaired) electrons. The fourth-order valence-electron chi connectivity index (χ4n) is 2.75. The predicted octanol–water partition coefficient (Wildman–Crippen LogP) is 5.26. The van der Waals surface area contributed by atoms with Crippen molar-refractivity contribution in [2.24, 2.45) is 0 Å². The molecular formula is C22H19Cl2N3O4. The molecule has 31 heavy (non-hydrogen) atoms. The Kier molecular flexibility index (Phi) is 6.99. The Morgan fingerprint density at radius 2 is 1.87 bits per heavy atom. The third kappa shape index (κ3) is 5.87. The first kappa shape index (κ1) is 22.4. The van der Waals surface area contributed by atoms with Crippen LogP contribution < -0.4 is 15.0 Å². The van der Waals surface area contributed by atoms with Crippen LogP contribution in [0.15, 0.2) is 54.7 Å². The van der Waals surface area contributed by atoms with Crippen LogP contribution in [0.1, 0.15) is 15.9 Å². The van der Waals surface area contributed by atoms with Gasteiger partial charge in [-0.25, -0.2) is 4.98 Å². The van der Waals surface area contributed by atoms with Crippen molar-refractivity contribution in [2.45, 2.75) is 6.92 Å². The molecule has 7 nitrogen and oxygen atoms in total. The highest BCUT2D eigenvalue weighted by molar-refractivity contribution is 6.42. The Morgan fingerprint density at radius 3 is 2.48 bits per heavy atom. The van der Waals surface area contributed by atoms with Crippen molar-refractivity contribution < 1.29 is 19.4 Å². The first-order valence-electron chi connectivity index (χ1n) is 9.17. The van der Waals surface area contributed by atoms with Crippen LogP contribution in [0, 0.1) is 6.92 Å². The summed E-state index contributed by atoms with van der Waals surface area (Å²) >= 11 is 11.8. The van der Waals surface area contributed by atoms with E-state index >= 15 is 0 Å². The molecule has 0 saturated heterocycles. The number of likely N-dealkylation sites (N-methyl/N-ethyl adjacent to an activating group) is 1. The lowest BCUT2D eigenvalue weighted by Gasteiger charge is -2.18. The van der Waals surface area contributed by atoms with Crippen molar-refractivity contribution in [3.05, 3.63) is 75.9 Å². The first-order valence-corrected chi connectivity index (χ1v) is 9.92. The zero-order valence-electron chi connectivity index (χ0n) is 16.7. The van der Waals surface area contributed by atoms with Crippen LogP contribution in [0.25, 0.3) is 0 Å². The van der Waals surface area contributed by atoms with Gasteiger partial charge in [-0.05, 0) is 55.0 Å². The number of carbonyl (C=O) groups is 2. The van der Waals surface area contributed by atoms with Gasteiger partial charge in [0.2, 0.25) is 5.88 Å². The van der Waals surface area contributed by atoms with Gasteiger partial charge in [0.1, 0.15) is 12.3 Å². The molecule has 0 spiro atoms. The summed E-state index contributed by atoms with van der Waals surface area (Å²) in [4.78, 5) is 29.1. The standard InChI is InChI=1S/C22H19Cl2N3O4/c1-13-9-16(27(2)12-21(28)29)5-7-19(13)31-20-8-4-15(11-25-20)26-22(30)14-3-6-17(23)18(24)10-14/h3-11H,12H2,1-2H3,(H,26,30)(H,28,29). The van der Waals surface area contributed by atoms with E-state index in [9.17, 15) is 9.59 Å². The van der Waals surface area contributed by atoms with Crippen molar-refractivity contribution in [1.82, 2.24) is 4.98 Å². The third-order valence-corrected chi connectivity index (χ3v) is 5.10. The van der Waals surface area contributed by atoms with Crippen LogP contribution in [0.5, 0.6) is 11.6 Å². The lowest BCUT2D eigenvalue weighted by Crippen LogP contribution is -2.25. The molecule has 0 saturated carbocycles. The first-order chi connectivity index (χ1) is 14.7.